The number of hydrogen-bond donors (Lipinski definition) is 3. The smallest absolute Gasteiger partial charge is 0.319 e. The molecule has 0 saturated heterocycles. The van der Waals surface area contributed by atoms with Crippen molar-refractivity contribution in [3.05, 3.63) is 58.6 Å². The largest absolute Gasteiger partial charge is 0.492 e. The van der Waals surface area contributed by atoms with Gasteiger partial charge in [0, 0.05) is 16.3 Å². The predicted molar refractivity (Wildman–Crippen MR) is 93.7 cm³/mol. The Balaban J connectivity index is 1.76. The van der Waals surface area contributed by atoms with Crippen molar-refractivity contribution >= 4 is 29.2 Å². The fourth-order valence-corrected chi connectivity index (χ4v) is 2.18. The summed E-state index contributed by atoms with van der Waals surface area (Å²) in [6.45, 7) is 2.42. The molecular weight excluding hydrogens is 330 g/mol. The minimum Gasteiger partial charge on any atom is -0.492 e. The normalized spacial score (nSPS) is 10.1. The number of nitrogens with one attached hydrogen (secondary N) is 2. The van der Waals surface area contributed by atoms with Crippen LogP contribution in [-0.4, -0.2) is 25.1 Å². The van der Waals surface area contributed by atoms with Gasteiger partial charge in [0.15, 0.2) is 0 Å². The average molecular weight is 348 g/mol. The van der Waals surface area contributed by atoms with Crippen molar-refractivity contribution in [3.63, 3.8) is 0 Å². The third kappa shape index (κ3) is 5.17. The zero-order valence-corrected chi connectivity index (χ0v) is 13.9. The first-order chi connectivity index (χ1) is 11.5. The van der Waals surface area contributed by atoms with Crippen molar-refractivity contribution in [2.45, 2.75) is 6.92 Å². The van der Waals surface area contributed by atoms with Crippen LogP contribution in [-0.2, 0) is 0 Å². The Hall–Kier alpha value is -2.73. The maximum Gasteiger partial charge on any atom is 0.319 e. The molecule has 3 amide bonds. The van der Waals surface area contributed by atoms with Crippen molar-refractivity contribution < 1.29 is 14.3 Å². The second-order valence-corrected chi connectivity index (χ2v) is 5.51. The number of carbonyl (C=O) groups excluding carboxylic acids is 2. The predicted octanol–water partition coefficient (Wildman–Crippen LogP) is 2.95. The Kier molecular flexibility index (Phi) is 6.03. The number of rotatable bonds is 6. The highest BCUT2D eigenvalue weighted by molar-refractivity contribution is 6.30. The Morgan fingerprint density at radius 3 is 2.50 bits per heavy atom. The molecule has 0 atom stereocenters. The maximum absolute atomic E-state index is 11.8. The van der Waals surface area contributed by atoms with Gasteiger partial charge in [0.05, 0.1) is 6.54 Å². The number of nitrogens with two attached hydrogens (primary N) is 1. The minimum absolute atomic E-state index is 0.328. The first kappa shape index (κ1) is 17.6. The SMILES string of the molecule is Cc1cc(NC(=O)NCCOc2ccc(Cl)cc2)ccc1C(N)=O. The molecule has 0 unspecified atom stereocenters. The number of amides is 3. The first-order valence-corrected chi connectivity index (χ1v) is 7.67. The second-order valence-electron chi connectivity index (χ2n) is 5.08. The molecule has 0 fully saturated rings. The summed E-state index contributed by atoms with van der Waals surface area (Å²) in [5, 5.41) is 5.99. The Morgan fingerprint density at radius 1 is 1.17 bits per heavy atom. The molecule has 0 spiro atoms. The lowest BCUT2D eigenvalue weighted by atomic mass is 10.1. The quantitative estimate of drug-likeness (QED) is 0.701. The third-order valence-electron chi connectivity index (χ3n) is 3.22. The van der Waals surface area contributed by atoms with E-state index >= 15 is 0 Å². The first-order valence-electron chi connectivity index (χ1n) is 7.29. The Bertz CT molecular complexity index is 732. The maximum atomic E-state index is 11.8. The van der Waals surface area contributed by atoms with E-state index in [0.29, 0.717) is 40.7 Å². The van der Waals surface area contributed by atoms with E-state index in [2.05, 4.69) is 10.6 Å². The van der Waals surface area contributed by atoms with Gasteiger partial charge in [0.2, 0.25) is 5.91 Å². The molecule has 2 rings (SSSR count). The lowest BCUT2D eigenvalue weighted by Crippen LogP contribution is -2.32. The lowest BCUT2D eigenvalue weighted by molar-refractivity contribution is 0.0999. The molecule has 4 N–H and O–H groups in total. The Morgan fingerprint density at radius 2 is 1.88 bits per heavy atom. The molecule has 0 aliphatic heterocycles. The standard InChI is InChI=1S/C17H18ClN3O3/c1-11-10-13(4-7-15(11)16(19)22)21-17(23)20-8-9-24-14-5-2-12(18)3-6-14/h2-7,10H,8-9H2,1H3,(H2,19,22)(H2,20,21,23). The molecule has 24 heavy (non-hydrogen) atoms. The van der Waals surface area contributed by atoms with Crippen LogP contribution in [0.5, 0.6) is 5.75 Å². The van der Waals surface area contributed by atoms with Crippen LogP contribution in [0.4, 0.5) is 10.5 Å². The minimum atomic E-state index is -0.497. The van der Waals surface area contributed by atoms with Crippen molar-refractivity contribution in [2.24, 2.45) is 5.73 Å². The van der Waals surface area contributed by atoms with Gasteiger partial charge in [-0.1, -0.05) is 11.6 Å². The molecule has 0 aliphatic rings. The van der Waals surface area contributed by atoms with Gasteiger partial charge in [-0.15, -0.1) is 0 Å². The molecule has 0 bridgehead atoms. The van der Waals surface area contributed by atoms with Crippen LogP contribution in [0.2, 0.25) is 5.02 Å². The highest BCUT2D eigenvalue weighted by Crippen LogP contribution is 2.16. The fourth-order valence-electron chi connectivity index (χ4n) is 2.06. The molecule has 7 heteroatoms. The number of urea groups is 1. The molecule has 2 aromatic rings. The molecule has 2 aromatic carbocycles. The van der Waals surface area contributed by atoms with E-state index in [0.717, 1.165) is 0 Å². The summed E-state index contributed by atoms with van der Waals surface area (Å²) in [4.78, 5) is 23.0. The third-order valence-corrected chi connectivity index (χ3v) is 3.47. The Labute approximate surface area is 144 Å². The molecular formula is C17H18ClN3O3. The molecule has 0 saturated carbocycles. The van der Waals surface area contributed by atoms with Crippen molar-refractivity contribution in [3.8, 4) is 5.75 Å². The van der Waals surface area contributed by atoms with Gasteiger partial charge < -0.3 is 21.1 Å². The number of hydrogen-bond acceptors (Lipinski definition) is 3. The zero-order chi connectivity index (χ0) is 17.5. The van der Waals surface area contributed by atoms with Gasteiger partial charge in [-0.2, -0.15) is 0 Å². The van der Waals surface area contributed by atoms with E-state index in [9.17, 15) is 9.59 Å². The molecule has 0 radical (unpaired) electrons. The van der Waals surface area contributed by atoms with Crippen molar-refractivity contribution in [1.82, 2.24) is 5.32 Å². The number of aryl methyl sites for hydroxylation is 1. The number of ether oxygens (including phenoxy) is 1. The summed E-state index contributed by atoms with van der Waals surface area (Å²) < 4.78 is 5.47. The summed E-state index contributed by atoms with van der Waals surface area (Å²) in [5.41, 5.74) is 6.95. The van der Waals surface area contributed by atoms with E-state index in [1.54, 1.807) is 49.4 Å². The van der Waals surface area contributed by atoms with Gasteiger partial charge in [-0.25, -0.2) is 4.79 Å². The summed E-state index contributed by atoms with van der Waals surface area (Å²) >= 11 is 5.78. The van der Waals surface area contributed by atoms with Crippen molar-refractivity contribution in [1.29, 1.82) is 0 Å². The highest BCUT2D eigenvalue weighted by Gasteiger charge is 2.07. The molecule has 6 nitrogen and oxygen atoms in total. The van der Waals surface area contributed by atoms with Crippen molar-refractivity contribution in [2.75, 3.05) is 18.5 Å². The number of halogens is 1. The number of anilines is 1. The molecule has 0 aromatic heterocycles. The second kappa shape index (κ2) is 8.21. The topological polar surface area (TPSA) is 93.4 Å². The summed E-state index contributed by atoms with van der Waals surface area (Å²) in [7, 11) is 0. The van der Waals surface area contributed by atoms with Crippen LogP contribution >= 0.6 is 11.6 Å². The van der Waals surface area contributed by atoms with E-state index in [-0.39, 0.29) is 6.03 Å². The van der Waals surface area contributed by atoms with Gasteiger partial charge in [0.25, 0.3) is 0 Å². The van der Waals surface area contributed by atoms with Crippen LogP contribution in [0, 0.1) is 6.92 Å². The van der Waals surface area contributed by atoms with Crippen LogP contribution in [0.1, 0.15) is 15.9 Å². The van der Waals surface area contributed by atoms with Crippen LogP contribution in [0.3, 0.4) is 0 Å². The van der Waals surface area contributed by atoms with E-state index in [1.165, 1.54) is 0 Å². The van der Waals surface area contributed by atoms with Gasteiger partial charge >= 0.3 is 6.03 Å². The monoisotopic (exact) mass is 347 g/mol. The van der Waals surface area contributed by atoms with E-state index in [1.807, 2.05) is 0 Å². The molecule has 0 aliphatic carbocycles. The summed E-state index contributed by atoms with van der Waals surface area (Å²) in [6.07, 6.45) is 0. The number of carbonyl (C=O) groups is 2. The van der Waals surface area contributed by atoms with Gasteiger partial charge in [-0.3, -0.25) is 4.79 Å². The van der Waals surface area contributed by atoms with E-state index in [4.69, 9.17) is 22.1 Å². The lowest BCUT2D eigenvalue weighted by Gasteiger charge is -2.10. The van der Waals surface area contributed by atoms with Gasteiger partial charge in [-0.05, 0) is 55.0 Å². The highest BCUT2D eigenvalue weighted by atomic mass is 35.5. The molecule has 0 heterocycles. The summed E-state index contributed by atoms with van der Waals surface area (Å²) in [5.74, 6) is 0.183. The van der Waals surface area contributed by atoms with E-state index < -0.39 is 5.91 Å². The number of benzene rings is 2. The zero-order valence-electron chi connectivity index (χ0n) is 13.1. The van der Waals surface area contributed by atoms with Crippen LogP contribution in [0.25, 0.3) is 0 Å². The number of primary amides is 1. The van der Waals surface area contributed by atoms with Gasteiger partial charge in [0.1, 0.15) is 12.4 Å². The van der Waals surface area contributed by atoms with Crippen LogP contribution in [0.15, 0.2) is 42.5 Å². The average Bonchev–Trinajstić information content (AvgIpc) is 2.53. The molecule has 126 valence electrons. The van der Waals surface area contributed by atoms with Crippen LogP contribution < -0.4 is 21.1 Å². The summed E-state index contributed by atoms with van der Waals surface area (Å²) in [6, 6.07) is 11.5. The fraction of sp³-hybridized carbons (Fsp3) is 0.176.